The van der Waals surface area contributed by atoms with Crippen LogP contribution in [0.1, 0.15) is 28.2 Å². The minimum absolute atomic E-state index is 0.172. The van der Waals surface area contributed by atoms with E-state index in [1.807, 2.05) is 0 Å². The van der Waals surface area contributed by atoms with Crippen LogP contribution in [-0.2, 0) is 5.33 Å². The van der Waals surface area contributed by atoms with Gasteiger partial charge in [0, 0.05) is 10.9 Å². The lowest BCUT2D eigenvalue weighted by Crippen LogP contribution is -2.06. The summed E-state index contributed by atoms with van der Waals surface area (Å²) >= 11 is 5.84. The second kappa shape index (κ2) is 4.98. The normalized spacial score (nSPS) is 10.7. The maximum Gasteiger partial charge on any atom is 0.355 e. The first kappa shape index (κ1) is 12.5. The molecule has 0 aliphatic rings. The van der Waals surface area contributed by atoms with Crippen molar-refractivity contribution in [2.45, 2.75) is 11.8 Å². The Morgan fingerprint density at radius 3 is 2.60 bits per heavy atom. The van der Waals surface area contributed by atoms with Crippen LogP contribution in [0.5, 0.6) is 0 Å². The van der Waals surface area contributed by atoms with Crippen molar-refractivity contribution >= 4 is 37.8 Å². The van der Waals surface area contributed by atoms with Crippen molar-refractivity contribution in [2.24, 2.45) is 0 Å². The number of halogens is 4. The summed E-state index contributed by atoms with van der Waals surface area (Å²) in [5, 5.41) is 8.96. The third kappa shape index (κ3) is 2.72. The largest absolute Gasteiger partial charge is 0.476 e. The summed E-state index contributed by atoms with van der Waals surface area (Å²) in [7, 11) is 0. The van der Waals surface area contributed by atoms with E-state index in [-0.39, 0.29) is 21.1 Å². The molecule has 0 aliphatic heterocycles. The average molecular weight is 345 g/mol. The van der Waals surface area contributed by atoms with Gasteiger partial charge in [-0.2, -0.15) is 0 Å². The van der Waals surface area contributed by atoms with Gasteiger partial charge >= 0.3 is 5.97 Å². The Morgan fingerprint density at radius 2 is 2.20 bits per heavy atom. The van der Waals surface area contributed by atoms with E-state index in [4.69, 9.17) is 5.11 Å². The SMILES string of the molecule is O=C(O)c1nc(CBr)cc(C(F)F)c1Br. The number of hydrogen-bond acceptors (Lipinski definition) is 2. The lowest BCUT2D eigenvalue weighted by atomic mass is 10.2. The zero-order chi connectivity index (χ0) is 11.6. The lowest BCUT2D eigenvalue weighted by Gasteiger charge is -2.07. The molecular weight excluding hydrogens is 340 g/mol. The molecule has 0 bridgehead atoms. The Bertz CT molecular complexity index is 398. The highest BCUT2D eigenvalue weighted by molar-refractivity contribution is 9.10. The van der Waals surface area contributed by atoms with Gasteiger partial charge in [0.1, 0.15) is 0 Å². The number of carbonyl (C=O) groups is 1. The van der Waals surface area contributed by atoms with Crippen LogP contribution in [0.15, 0.2) is 10.5 Å². The van der Waals surface area contributed by atoms with Crippen molar-refractivity contribution in [1.29, 1.82) is 0 Å². The zero-order valence-electron chi connectivity index (χ0n) is 7.18. The summed E-state index contributed by atoms with van der Waals surface area (Å²) in [4.78, 5) is 14.4. The molecule has 0 spiro atoms. The van der Waals surface area contributed by atoms with Crippen LogP contribution in [0.3, 0.4) is 0 Å². The van der Waals surface area contributed by atoms with Crippen molar-refractivity contribution in [3.63, 3.8) is 0 Å². The van der Waals surface area contributed by atoms with Gasteiger partial charge in [-0.05, 0) is 22.0 Å². The standard InChI is InChI=1S/C8H5Br2F2NO2/c9-2-3-1-4(7(11)12)5(10)6(13-3)8(14)15/h1,7H,2H2,(H,14,15). The van der Waals surface area contributed by atoms with Crippen LogP contribution in [-0.4, -0.2) is 16.1 Å². The molecule has 82 valence electrons. The van der Waals surface area contributed by atoms with Crippen LogP contribution in [0.2, 0.25) is 0 Å². The third-order valence-electron chi connectivity index (χ3n) is 1.61. The Hall–Kier alpha value is -0.560. The molecular formula is C8H5Br2F2NO2. The highest BCUT2D eigenvalue weighted by Gasteiger charge is 2.20. The van der Waals surface area contributed by atoms with Crippen LogP contribution in [0, 0.1) is 0 Å². The van der Waals surface area contributed by atoms with E-state index in [9.17, 15) is 13.6 Å². The predicted molar refractivity (Wildman–Crippen MR) is 56.5 cm³/mol. The Labute approximate surface area is 101 Å². The second-order valence-corrected chi connectivity index (χ2v) is 3.96. The number of pyridine rings is 1. The van der Waals surface area contributed by atoms with Crippen molar-refractivity contribution in [3.05, 3.63) is 27.5 Å². The minimum Gasteiger partial charge on any atom is -0.476 e. The van der Waals surface area contributed by atoms with E-state index in [2.05, 4.69) is 36.8 Å². The van der Waals surface area contributed by atoms with Gasteiger partial charge in [0.15, 0.2) is 5.69 Å². The Balaban J connectivity index is 3.40. The molecule has 0 fully saturated rings. The fraction of sp³-hybridized carbons (Fsp3) is 0.250. The topological polar surface area (TPSA) is 50.2 Å². The number of hydrogen-bond donors (Lipinski definition) is 1. The zero-order valence-corrected chi connectivity index (χ0v) is 10.3. The third-order valence-corrected chi connectivity index (χ3v) is 3.02. The van der Waals surface area contributed by atoms with E-state index < -0.39 is 18.1 Å². The quantitative estimate of drug-likeness (QED) is 0.855. The molecule has 1 heterocycles. The summed E-state index contributed by atoms with van der Waals surface area (Å²) < 4.78 is 24.9. The molecule has 0 amide bonds. The molecule has 0 aromatic carbocycles. The van der Waals surface area contributed by atoms with E-state index >= 15 is 0 Å². The fourth-order valence-corrected chi connectivity index (χ4v) is 1.81. The molecule has 0 radical (unpaired) electrons. The van der Waals surface area contributed by atoms with E-state index in [0.29, 0.717) is 0 Å². The monoisotopic (exact) mass is 343 g/mol. The summed E-state index contributed by atoms with van der Waals surface area (Å²) in [5.74, 6) is -1.34. The summed E-state index contributed by atoms with van der Waals surface area (Å²) in [6.45, 7) is 0. The van der Waals surface area contributed by atoms with Gasteiger partial charge in [-0.15, -0.1) is 0 Å². The molecule has 0 aliphatic carbocycles. The van der Waals surface area contributed by atoms with Crippen LogP contribution in [0.25, 0.3) is 0 Å². The number of carboxylic acid groups (broad SMARTS) is 1. The van der Waals surface area contributed by atoms with E-state index in [1.54, 1.807) is 0 Å². The molecule has 1 N–H and O–H groups in total. The lowest BCUT2D eigenvalue weighted by molar-refractivity contribution is 0.0688. The molecule has 15 heavy (non-hydrogen) atoms. The second-order valence-electron chi connectivity index (χ2n) is 2.60. The molecule has 1 rings (SSSR count). The van der Waals surface area contributed by atoms with Crippen molar-refractivity contribution in [1.82, 2.24) is 4.98 Å². The number of rotatable bonds is 3. The molecule has 3 nitrogen and oxygen atoms in total. The predicted octanol–water partition coefficient (Wildman–Crippen LogP) is 3.37. The van der Waals surface area contributed by atoms with Gasteiger partial charge in [0.2, 0.25) is 0 Å². The maximum absolute atomic E-state index is 12.5. The first-order chi connectivity index (χ1) is 6.97. The summed E-state index contributed by atoms with van der Waals surface area (Å²) in [6, 6.07) is 1.16. The molecule has 1 aromatic rings. The fourth-order valence-electron chi connectivity index (χ4n) is 0.973. The van der Waals surface area contributed by atoms with E-state index in [1.165, 1.54) is 0 Å². The van der Waals surface area contributed by atoms with Crippen LogP contribution < -0.4 is 0 Å². The van der Waals surface area contributed by atoms with Crippen LogP contribution in [0.4, 0.5) is 8.78 Å². The van der Waals surface area contributed by atoms with Crippen molar-refractivity contribution in [2.75, 3.05) is 0 Å². The molecule has 1 aromatic heterocycles. The highest BCUT2D eigenvalue weighted by atomic mass is 79.9. The summed E-state index contributed by atoms with van der Waals surface area (Å²) in [6.07, 6.45) is -2.74. The minimum atomic E-state index is -2.74. The Kier molecular flexibility index (Phi) is 4.15. The smallest absolute Gasteiger partial charge is 0.355 e. The van der Waals surface area contributed by atoms with Crippen LogP contribution >= 0.6 is 31.9 Å². The van der Waals surface area contributed by atoms with Gasteiger partial charge in [0.25, 0.3) is 6.43 Å². The molecule has 0 saturated carbocycles. The number of aromatic carboxylic acids is 1. The van der Waals surface area contributed by atoms with E-state index in [0.717, 1.165) is 6.07 Å². The van der Waals surface area contributed by atoms with Gasteiger partial charge in [-0.25, -0.2) is 18.6 Å². The van der Waals surface area contributed by atoms with Crippen molar-refractivity contribution in [3.8, 4) is 0 Å². The first-order valence-electron chi connectivity index (χ1n) is 3.74. The molecule has 0 atom stereocenters. The maximum atomic E-state index is 12.5. The molecule has 7 heteroatoms. The number of alkyl halides is 3. The number of carboxylic acids is 1. The van der Waals surface area contributed by atoms with Gasteiger partial charge in [-0.1, -0.05) is 15.9 Å². The first-order valence-corrected chi connectivity index (χ1v) is 5.65. The summed E-state index contributed by atoms with van der Waals surface area (Å²) in [5.41, 5.74) is -0.509. The van der Waals surface area contributed by atoms with Gasteiger partial charge < -0.3 is 5.11 Å². The molecule has 0 unspecified atom stereocenters. The van der Waals surface area contributed by atoms with Gasteiger partial charge in [-0.3, -0.25) is 0 Å². The number of nitrogens with zero attached hydrogens (tertiary/aromatic N) is 1. The van der Waals surface area contributed by atoms with Crippen molar-refractivity contribution < 1.29 is 18.7 Å². The molecule has 0 saturated heterocycles. The number of aromatic nitrogens is 1. The average Bonchev–Trinajstić information content (AvgIpc) is 2.17. The van der Waals surface area contributed by atoms with Gasteiger partial charge in [0.05, 0.1) is 10.2 Å². The highest BCUT2D eigenvalue weighted by Crippen LogP contribution is 2.30. The Morgan fingerprint density at radius 1 is 1.60 bits per heavy atom.